The van der Waals surface area contributed by atoms with Gasteiger partial charge in [-0.2, -0.15) is 0 Å². The minimum atomic E-state index is -3.25. The Morgan fingerprint density at radius 3 is 2.43 bits per heavy atom. The fraction of sp³-hybridized carbons (Fsp3) is 0.500. The Labute approximate surface area is 136 Å². The lowest BCUT2D eigenvalue weighted by atomic mass is 9.98. The SMILES string of the molecule is CS(=O)(=O)c1ccc(CC(=O)N2CCCCC2CC(=O)O)cc1. The van der Waals surface area contributed by atoms with Gasteiger partial charge < -0.3 is 10.0 Å². The zero-order chi connectivity index (χ0) is 17.0. The van der Waals surface area contributed by atoms with Crippen LogP contribution in [0.15, 0.2) is 29.2 Å². The Morgan fingerprint density at radius 1 is 1.22 bits per heavy atom. The molecule has 2 rings (SSSR count). The standard InChI is InChI=1S/C16H21NO5S/c1-23(21,22)14-7-5-12(6-8-14)10-15(18)17-9-3-2-4-13(17)11-16(19)20/h5-8,13H,2-4,9-11H2,1H3,(H,19,20). The van der Waals surface area contributed by atoms with Gasteiger partial charge in [0.15, 0.2) is 9.84 Å². The van der Waals surface area contributed by atoms with Crippen LogP contribution in [0.2, 0.25) is 0 Å². The molecule has 0 aromatic heterocycles. The largest absolute Gasteiger partial charge is 0.481 e. The monoisotopic (exact) mass is 339 g/mol. The van der Waals surface area contributed by atoms with E-state index in [4.69, 9.17) is 5.11 Å². The van der Waals surface area contributed by atoms with Gasteiger partial charge in [0.2, 0.25) is 5.91 Å². The molecule has 1 unspecified atom stereocenters. The Balaban J connectivity index is 2.06. The van der Waals surface area contributed by atoms with Crippen LogP contribution in [0.5, 0.6) is 0 Å². The van der Waals surface area contributed by atoms with Crippen LogP contribution in [0.25, 0.3) is 0 Å². The molecule has 23 heavy (non-hydrogen) atoms. The molecule has 7 heteroatoms. The van der Waals surface area contributed by atoms with E-state index in [-0.39, 0.29) is 29.7 Å². The van der Waals surface area contributed by atoms with Crippen LogP contribution in [0.1, 0.15) is 31.2 Å². The molecule has 0 saturated carbocycles. The first-order chi connectivity index (χ1) is 10.8. The molecule has 1 heterocycles. The fourth-order valence-electron chi connectivity index (χ4n) is 2.87. The van der Waals surface area contributed by atoms with E-state index >= 15 is 0 Å². The zero-order valence-corrected chi connectivity index (χ0v) is 13.9. The van der Waals surface area contributed by atoms with E-state index in [0.717, 1.165) is 24.7 Å². The van der Waals surface area contributed by atoms with Crippen LogP contribution < -0.4 is 0 Å². The number of nitrogens with zero attached hydrogens (tertiary/aromatic N) is 1. The maximum absolute atomic E-state index is 12.5. The first-order valence-electron chi connectivity index (χ1n) is 7.57. The van der Waals surface area contributed by atoms with Crippen LogP contribution in [0.4, 0.5) is 0 Å². The molecule has 0 aliphatic carbocycles. The highest BCUT2D eigenvalue weighted by Crippen LogP contribution is 2.21. The molecule has 1 fully saturated rings. The molecule has 1 aromatic rings. The Hall–Kier alpha value is -1.89. The minimum Gasteiger partial charge on any atom is -0.481 e. The lowest BCUT2D eigenvalue weighted by Crippen LogP contribution is -2.45. The molecule has 126 valence electrons. The molecule has 1 atom stereocenters. The number of piperidine rings is 1. The second kappa shape index (κ2) is 7.12. The third-order valence-corrected chi connectivity index (χ3v) is 5.19. The maximum Gasteiger partial charge on any atom is 0.305 e. The third kappa shape index (κ3) is 4.79. The van der Waals surface area contributed by atoms with Crippen LogP contribution in [-0.2, 0) is 25.8 Å². The smallest absolute Gasteiger partial charge is 0.305 e. The van der Waals surface area contributed by atoms with Gasteiger partial charge >= 0.3 is 5.97 Å². The van der Waals surface area contributed by atoms with Crippen molar-refractivity contribution in [3.63, 3.8) is 0 Å². The quantitative estimate of drug-likeness (QED) is 0.877. The number of hydrogen-bond donors (Lipinski definition) is 1. The molecule has 1 aliphatic rings. The summed E-state index contributed by atoms with van der Waals surface area (Å²) < 4.78 is 22.9. The van der Waals surface area contributed by atoms with Crippen LogP contribution in [-0.4, -0.2) is 49.1 Å². The summed E-state index contributed by atoms with van der Waals surface area (Å²) in [5.74, 6) is -1.00. The van der Waals surface area contributed by atoms with E-state index in [1.807, 2.05) is 0 Å². The number of carbonyl (C=O) groups excluding carboxylic acids is 1. The van der Waals surface area contributed by atoms with Crippen molar-refractivity contribution in [3.05, 3.63) is 29.8 Å². The lowest BCUT2D eigenvalue weighted by Gasteiger charge is -2.35. The van der Waals surface area contributed by atoms with Gasteiger partial charge in [-0.1, -0.05) is 12.1 Å². The summed E-state index contributed by atoms with van der Waals surface area (Å²) in [4.78, 5) is 25.3. The molecule has 1 saturated heterocycles. The van der Waals surface area contributed by atoms with E-state index in [0.29, 0.717) is 13.0 Å². The molecular formula is C16H21NO5S. The second-order valence-corrected chi connectivity index (χ2v) is 7.94. The summed E-state index contributed by atoms with van der Waals surface area (Å²) in [6.45, 7) is 0.582. The van der Waals surface area contributed by atoms with E-state index in [1.54, 1.807) is 17.0 Å². The van der Waals surface area contributed by atoms with Crippen LogP contribution in [0.3, 0.4) is 0 Å². The molecule has 1 N–H and O–H groups in total. The van der Waals surface area contributed by atoms with Gasteiger partial charge in [-0.05, 0) is 37.0 Å². The summed E-state index contributed by atoms with van der Waals surface area (Å²) in [6, 6.07) is 5.99. The number of carboxylic acid groups (broad SMARTS) is 1. The lowest BCUT2D eigenvalue weighted by molar-refractivity contribution is -0.141. The van der Waals surface area contributed by atoms with E-state index in [1.165, 1.54) is 12.1 Å². The predicted octanol–water partition coefficient (Wildman–Crippen LogP) is 1.49. The Morgan fingerprint density at radius 2 is 1.87 bits per heavy atom. The van der Waals surface area contributed by atoms with Crippen molar-refractivity contribution in [1.29, 1.82) is 0 Å². The predicted molar refractivity (Wildman–Crippen MR) is 84.9 cm³/mol. The molecule has 0 radical (unpaired) electrons. The van der Waals surface area contributed by atoms with Crippen molar-refractivity contribution in [1.82, 2.24) is 4.90 Å². The van der Waals surface area contributed by atoms with Crippen molar-refractivity contribution in [2.75, 3.05) is 12.8 Å². The molecule has 0 bridgehead atoms. The van der Waals surface area contributed by atoms with Crippen molar-refractivity contribution < 1.29 is 23.1 Å². The van der Waals surface area contributed by atoms with Gasteiger partial charge in [0.25, 0.3) is 0 Å². The third-order valence-electron chi connectivity index (χ3n) is 4.06. The molecule has 1 amide bonds. The van der Waals surface area contributed by atoms with Gasteiger partial charge in [0.1, 0.15) is 0 Å². The first-order valence-corrected chi connectivity index (χ1v) is 9.47. The van der Waals surface area contributed by atoms with Crippen molar-refractivity contribution >= 4 is 21.7 Å². The van der Waals surface area contributed by atoms with E-state index in [9.17, 15) is 18.0 Å². The Kier molecular flexibility index (Phi) is 5.41. The molecule has 6 nitrogen and oxygen atoms in total. The van der Waals surface area contributed by atoms with Crippen molar-refractivity contribution in [3.8, 4) is 0 Å². The highest BCUT2D eigenvalue weighted by atomic mass is 32.2. The van der Waals surface area contributed by atoms with Crippen molar-refractivity contribution in [2.45, 2.75) is 43.0 Å². The van der Waals surface area contributed by atoms with Gasteiger partial charge in [-0.25, -0.2) is 8.42 Å². The summed E-state index contributed by atoms with van der Waals surface area (Å²) in [7, 11) is -3.25. The van der Waals surface area contributed by atoms with Crippen LogP contribution >= 0.6 is 0 Å². The fourth-order valence-corrected chi connectivity index (χ4v) is 3.50. The molecule has 1 aliphatic heterocycles. The van der Waals surface area contributed by atoms with Crippen LogP contribution in [0, 0.1) is 0 Å². The average Bonchev–Trinajstić information content (AvgIpc) is 2.46. The van der Waals surface area contributed by atoms with Gasteiger partial charge in [-0.3, -0.25) is 9.59 Å². The number of carbonyl (C=O) groups is 2. The zero-order valence-electron chi connectivity index (χ0n) is 13.1. The maximum atomic E-state index is 12.5. The number of amides is 1. The second-order valence-electron chi connectivity index (χ2n) is 5.93. The van der Waals surface area contributed by atoms with E-state index in [2.05, 4.69) is 0 Å². The first kappa shape index (κ1) is 17.5. The van der Waals surface area contributed by atoms with Gasteiger partial charge in [-0.15, -0.1) is 0 Å². The number of likely N-dealkylation sites (tertiary alicyclic amines) is 1. The molecular weight excluding hydrogens is 318 g/mol. The summed E-state index contributed by atoms with van der Waals surface area (Å²) >= 11 is 0. The topological polar surface area (TPSA) is 91.8 Å². The highest BCUT2D eigenvalue weighted by molar-refractivity contribution is 7.90. The average molecular weight is 339 g/mol. The normalized spacial score (nSPS) is 18.7. The van der Waals surface area contributed by atoms with Gasteiger partial charge in [0, 0.05) is 18.8 Å². The summed E-state index contributed by atoms with van der Waals surface area (Å²) in [5, 5.41) is 8.97. The number of sulfone groups is 1. The Bertz CT molecular complexity index is 681. The number of benzene rings is 1. The highest BCUT2D eigenvalue weighted by Gasteiger charge is 2.28. The number of rotatable bonds is 5. The number of aliphatic carboxylic acids is 1. The van der Waals surface area contributed by atoms with Crippen molar-refractivity contribution in [2.24, 2.45) is 0 Å². The van der Waals surface area contributed by atoms with Gasteiger partial charge in [0.05, 0.1) is 17.7 Å². The minimum absolute atomic E-state index is 0.0290. The summed E-state index contributed by atoms with van der Waals surface area (Å²) in [6.07, 6.45) is 3.79. The number of hydrogen-bond acceptors (Lipinski definition) is 4. The van der Waals surface area contributed by atoms with E-state index < -0.39 is 15.8 Å². The summed E-state index contributed by atoms with van der Waals surface area (Å²) in [5.41, 5.74) is 0.724. The molecule has 0 spiro atoms. The number of carboxylic acids is 1. The molecule has 1 aromatic carbocycles.